The van der Waals surface area contributed by atoms with Crippen LogP contribution in [0.2, 0.25) is 0 Å². The molecule has 2 aromatic carbocycles. The fourth-order valence-electron chi connectivity index (χ4n) is 3.46. The Hall–Kier alpha value is -2.44. The highest BCUT2D eigenvalue weighted by atomic mass is 79.9. The van der Waals surface area contributed by atoms with Gasteiger partial charge in [0.2, 0.25) is 5.76 Å². The summed E-state index contributed by atoms with van der Waals surface area (Å²) in [5, 5.41) is 9.67. The molecule has 4 rings (SSSR count). The number of rotatable bonds is 4. The highest BCUT2D eigenvalue weighted by Crippen LogP contribution is 2.38. The lowest BCUT2D eigenvalue weighted by Gasteiger charge is -2.25. The maximum absolute atomic E-state index is 13.2. The molecule has 0 aliphatic carbocycles. The van der Waals surface area contributed by atoms with E-state index in [1.165, 1.54) is 0 Å². The number of aliphatic hydroxyl groups excluding tert-OH is 1. The van der Waals surface area contributed by atoms with Crippen LogP contribution in [0.3, 0.4) is 0 Å². The Morgan fingerprint density at radius 3 is 2.69 bits per heavy atom. The average molecular weight is 414 g/mol. The molecule has 1 aliphatic heterocycles. The van der Waals surface area contributed by atoms with Gasteiger partial charge in [-0.1, -0.05) is 40.2 Å². The summed E-state index contributed by atoms with van der Waals surface area (Å²) in [5.41, 5.74) is 1.41. The Morgan fingerprint density at radius 2 is 1.92 bits per heavy atom. The molecule has 6 heteroatoms. The summed E-state index contributed by atoms with van der Waals surface area (Å²) in [6, 6.07) is 14.0. The molecule has 0 unspecified atom stereocenters. The molecule has 0 bridgehead atoms. The van der Waals surface area contributed by atoms with E-state index in [0.29, 0.717) is 29.5 Å². The topological polar surface area (TPSA) is 70.8 Å². The van der Waals surface area contributed by atoms with Crippen molar-refractivity contribution in [1.29, 1.82) is 0 Å². The number of para-hydroxylation sites is 1. The number of nitrogens with zero attached hydrogens (tertiary/aromatic N) is 1. The highest BCUT2D eigenvalue weighted by Gasteiger charge is 2.42. The van der Waals surface area contributed by atoms with Gasteiger partial charge in [-0.2, -0.15) is 0 Å². The lowest BCUT2D eigenvalue weighted by molar-refractivity contribution is 0.0716. The first kappa shape index (κ1) is 17.0. The third kappa shape index (κ3) is 2.66. The molecular formula is C20H16BrNO4. The standard InChI is InChI=1S/C20H16BrNO4/c21-13-6-3-5-12(11-13)17-16-18(24)14-7-1-2-8-15(14)26-19(16)20(25)22(17)9-4-10-23/h1-3,5-8,11,17,23H,4,9-10H2/t17-/m1/s1. The number of carbonyl (C=O) groups excluding carboxylic acids is 1. The van der Waals surface area contributed by atoms with Crippen LogP contribution in [-0.4, -0.2) is 29.1 Å². The molecule has 0 radical (unpaired) electrons. The van der Waals surface area contributed by atoms with Crippen LogP contribution >= 0.6 is 15.9 Å². The van der Waals surface area contributed by atoms with Gasteiger partial charge < -0.3 is 14.4 Å². The zero-order valence-corrected chi connectivity index (χ0v) is 15.4. The lowest BCUT2D eigenvalue weighted by Crippen LogP contribution is -2.31. The van der Waals surface area contributed by atoms with Crippen molar-refractivity contribution in [1.82, 2.24) is 4.90 Å². The Morgan fingerprint density at radius 1 is 1.12 bits per heavy atom. The molecule has 132 valence electrons. The fraction of sp³-hybridized carbons (Fsp3) is 0.200. The SMILES string of the molecule is O=C1c2oc3ccccc3c(=O)c2[C@@H](c2cccc(Br)c2)N1CCCO. The number of benzene rings is 2. The normalized spacial score (nSPS) is 16.3. The summed E-state index contributed by atoms with van der Waals surface area (Å²) in [6.07, 6.45) is 0.429. The van der Waals surface area contributed by atoms with Gasteiger partial charge in [-0.3, -0.25) is 9.59 Å². The number of fused-ring (bicyclic) bond motifs is 2. The van der Waals surface area contributed by atoms with Gasteiger partial charge in [0.1, 0.15) is 5.58 Å². The van der Waals surface area contributed by atoms with Crippen molar-refractivity contribution in [2.24, 2.45) is 0 Å². The molecule has 1 atom stereocenters. The Balaban J connectivity index is 1.97. The van der Waals surface area contributed by atoms with Gasteiger partial charge in [0.15, 0.2) is 5.43 Å². The zero-order chi connectivity index (χ0) is 18.3. The van der Waals surface area contributed by atoms with Gasteiger partial charge in [-0.15, -0.1) is 0 Å². The summed E-state index contributed by atoms with van der Waals surface area (Å²) in [7, 11) is 0. The molecule has 0 fully saturated rings. The number of hydrogen-bond acceptors (Lipinski definition) is 4. The Kier molecular flexibility index (Phi) is 4.38. The van der Waals surface area contributed by atoms with Crippen LogP contribution in [-0.2, 0) is 0 Å². The van der Waals surface area contributed by atoms with Gasteiger partial charge in [-0.25, -0.2) is 0 Å². The molecule has 26 heavy (non-hydrogen) atoms. The number of halogens is 1. The van der Waals surface area contributed by atoms with Crippen molar-refractivity contribution in [3.63, 3.8) is 0 Å². The van der Waals surface area contributed by atoms with E-state index in [1.54, 1.807) is 29.2 Å². The summed E-state index contributed by atoms with van der Waals surface area (Å²) < 4.78 is 6.69. The average Bonchev–Trinajstić information content (AvgIpc) is 2.93. The minimum Gasteiger partial charge on any atom is -0.450 e. The van der Waals surface area contributed by atoms with Gasteiger partial charge in [0.05, 0.1) is 17.0 Å². The molecular weight excluding hydrogens is 398 g/mol. The van der Waals surface area contributed by atoms with E-state index in [1.807, 2.05) is 24.3 Å². The van der Waals surface area contributed by atoms with Crippen molar-refractivity contribution >= 4 is 32.8 Å². The number of hydrogen-bond donors (Lipinski definition) is 1. The lowest BCUT2D eigenvalue weighted by atomic mass is 9.98. The van der Waals surface area contributed by atoms with Crippen molar-refractivity contribution in [2.75, 3.05) is 13.2 Å². The number of carbonyl (C=O) groups is 1. The summed E-state index contributed by atoms with van der Waals surface area (Å²) in [5.74, 6) is -0.224. The second kappa shape index (κ2) is 6.70. The molecule has 0 spiro atoms. The van der Waals surface area contributed by atoms with Crippen LogP contribution in [0.1, 0.15) is 34.1 Å². The molecule has 3 aromatic rings. The second-order valence-electron chi connectivity index (χ2n) is 6.20. The first-order valence-corrected chi connectivity index (χ1v) is 9.14. The smallest absolute Gasteiger partial charge is 0.290 e. The van der Waals surface area contributed by atoms with Crippen molar-refractivity contribution < 1.29 is 14.3 Å². The first-order valence-electron chi connectivity index (χ1n) is 8.35. The Labute approximate surface area is 158 Å². The van der Waals surface area contributed by atoms with Crippen LogP contribution in [0.25, 0.3) is 11.0 Å². The fourth-order valence-corrected chi connectivity index (χ4v) is 3.88. The van der Waals surface area contributed by atoms with Crippen LogP contribution in [0.15, 0.2) is 62.2 Å². The molecule has 1 amide bonds. The summed E-state index contributed by atoms with van der Waals surface area (Å²) in [4.78, 5) is 27.7. The van der Waals surface area contributed by atoms with E-state index < -0.39 is 6.04 Å². The molecule has 0 saturated heterocycles. The van der Waals surface area contributed by atoms with Crippen LogP contribution in [0.5, 0.6) is 0 Å². The van der Waals surface area contributed by atoms with E-state index in [9.17, 15) is 14.7 Å². The number of aliphatic hydroxyl groups is 1. The molecule has 5 nitrogen and oxygen atoms in total. The summed E-state index contributed by atoms with van der Waals surface area (Å²) >= 11 is 3.45. The molecule has 1 N–H and O–H groups in total. The van der Waals surface area contributed by atoms with E-state index in [-0.39, 0.29) is 23.7 Å². The van der Waals surface area contributed by atoms with Crippen LogP contribution < -0.4 is 5.43 Å². The molecule has 1 aliphatic rings. The van der Waals surface area contributed by atoms with Gasteiger partial charge in [0.25, 0.3) is 5.91 Å². The summed E-state index contributed by atoms with van der Waals surface area (Å²) in [6.45, 7) is 0.307. The first-order chi connectivity index (χ1) is 12.6. The zero-order valence-electron chi connectivity index (χ0n) is 13.8. The maximum Gasteiger partial charge on any atom is 0.290 e. The number of amides is 1. The van der Waals surface area contributed by atoms with Crippen LogP contribution in [0, 0.1) is 0 Å². The molecule has 1 aromatic heterocycles. The predicted molar refractivity (Wildman–Crippen MR) is 101 cm³/mol. The van der Waals surface area contributed by atoms with E-state index >= 15 is 0 Å². The van der Waals surface area contributed by atoms with Crippen molar-refractivity contribution in [3.05, 3.63) is 80.1 Å². The monoisotopic (exact) mass is 413 g/mol. The van der Waals surface area contributed by atoms with E-state index in [2.05, 4.69) is 15.9 Å². The van der Waals surface area contributed by atoms with E-state index in [0.717, 1.165) is 10.0 Å². The Bertz CT molecular complexity index is 1060. The van der Waals surface area contributed by atoms with Gasteiger partial charge in [-0.05, 0) is 36.2 Å². The maximum atomic E-state index is 13.2. The second-order valence-corrected chi connectivity index (χ2v) is 7.12. The van der Waals surface area contributed by atoms with Crippen molar-refractivity contribution in [3.8, 4) is 0 Å². The van der Waals surface area contributed by atoms with E-state index in [4.69, 9.17) is 4.42 Å². The molecule has 0 saturated carbocycles. The third-order valence-corrected chi connectivity index (χ3v) is 5.09. The van der Waals surface area contributed by atoms with Gasteiger partial charge in [0, 0.05) is 17.6 Å². The molecule has 2 heterocycles. The largest absolute Gasteiger partial charge is 0.450 e. The highest BCUT2D eigenvalue weighted by molar-refractivity contribution is 9.10. The third-order valence-electron chi connectivity index (χ3n) is 4.59. The minimum absolute atomic E-state index is 0.0331. The predicted octanol–water partition coefficient (Wildman–Crippen LogP) is 3.48. The van der Waals surface area contributed by atoms with Crippen LogP contribution in [0.4, 0.5) is 0 Å². The van der Waals surface area contributed by atoms with Gasteiger partial charge >= 0.3 is 0 Å². The quantitative estimate of drug-likeness (QED) is 0.710. The van der Waals surface area contributed by atoms with Crippen molar-refractivity contribution in [2.45, 2.75) is 12.5 Å². The minimum atomic E-state index is -0.526.